The molecule has 5 nitrogen and oxygen atoms in total. The third-order valence-electron chi connectivity index (χ3n) is 4.19. The van der Waals surface area contributed by atoms with Gasteiger partial charge >= 0.3 is 11.9 Å². The number of halogens is 1. The van der Waals surface area contributed by atoms with Crippen molar-refractivity contribution < 1.29 is 23.9 Å². The lowest BCUT2D eigenvalue weighted by Crippen LogP contribution is -2.08. The van der Waals surface area contributed by atoms with Gasteiger partial charge in [0.2, 0.25) is 0 Å². The molecule has 0 aliphatic rings. The number of esters is 2. The Bertz CT molecular complexity index is 1080. The van der Waals surface area contributed by atoms with Crippen molar-refractivity contribution in [2.24, 2.45) is 0 Å². The highest BCUT2D eigenvalue weighted by Crippen LogP contribution is 2.17. The number of hydrogen-bond acceptors (Lipinski definition) is 5. The summed E-state index contributed by atoms with van der Waals surface area (Å²) in [7, 11) is 1.32. The maximum atomic E-state index is 12.4. The van der Waals surface area contributed by atoms with Crippen LogP contribution in [0.15, 0.2) is 83.3 Å². The smallest absolute Gasteiger partial charge is 0.343 e. The number of rotatable bonds is 6. The summed E-state index contributed by atoms with van der Waals surface area (Å²) >= 11 is 3.31. The summed E-state index contributed by atoms with van der Waals surface area (Å²) in [6, 6.07) is 19.9. The first-order valence-electron chi connectivity index (χ1n) is 8.95. The quantitative estimate of drug-likeness (QED) is 0.213. The van der Waals surface area contributed by atoms with E-state index in [1.165, 1.54) is 13.2 Å². The molecule has 0 aromatic heterocycles. The summed E-state index contributed by atoms with van der Waals surface area (Å²) in [6.07, 6.45) is 3.10. The Balaban J connectivity index is 1.61. The predicted octanol–water partition coefficient (Wildman–Crippen LogP) is 5.35. The summed E-state index contributed by atoms with van der Waals surface area (Å²) in [5.74, 6) is -0.737. The molecular weight excluding hydrogens is 448 g/mol. The van der Waals surface area contributed by atoms with E-state index in [-0.39, 0.29) is 5.78 Å². The fourth-order valence-electron chi connectivity index (χ4n) is 2.56. The number of ketones is 1. The molecule has 0 saturated heterocycles. The molecule has 0 saturated carbocycles. The van der Waals surface area contributed by atoms with Crippen LogP contribution in [0.2, 0.25) is 0 Å². The first-order chi connectivity index (χ1) is 14.5. The molecular formula is C24H17BrO5. The number of methoxy groups -OCH3 is 1. The van der Waals surface area contributed by atoms with Gasteiger partial charge in [0.25, 0.3) is 0 Å². The van der Waals surface area contributed by atoms with E-state index >= 15 is 0 Å². The second kappa shape index (κ2) is 9.80. The molecule has 0 atom stereocenters. The van der Waals surface area contributed by atoms with E-state index in [2.05, 4.69) is 20.7 Å². The van der Waals surface area contributed by atoms with E-state index in [1.807, 2.05) is 0 Å². The standard InChI is InChI=1S/C24H17BrO5/c1-29-23(27)18-5-2-16(3-6-18)4-15-22(26)17-9-13-21(14-10-17)30-24(28)19-7-11-20(25)12-8-19/h2-15H,1H3. The van der Waals surface area contributed by atoms with Crippen molar-refractivity contribution in [1.82, 2.24) is 0 Å². The number of hydrogen-bond donors (Lipinski definition) is 0. The van der Waals surface area contributed by atoms with Gasteiger partial charge in [0.15, 0.2) is 5.78 Å². The van der Waals surface area contributed by atoms with Gasteiger partial charge < -0.3 is 9.47 Å². The van der Waals surface area contributed by atoms with Crippen molar-refractivity contribution in [3.8, 4) is 5.75 Å². The van der Waals surface area contributed by atoms with Crippen LogP contribution in [0, 0.1) is 0 Å². The zero-order valence-corrected chi connectivity index (χ0v) is 17.6. The average molecular weight is 465 g/mol. The number of allylic oxidation sites excluding steroid dienone is 1. The zero-order chi connectivity index (χ0) is 21.5. The summed E-state index contributed by atoms with van der Waals surface area (Å²) in [5, 5.41) is 0. The van der Waals surface area contributed by atoms with Crippen LogP contribution in [0.4, 0.5) is 0 Å². The Kier molecular flexibility index (Phi) is 6.93. The van der Waals surface area contributed by atoms with Gasteiger partial charge in [-0.1, -0.05) is 34.1 Å². The number of ether oxygens (including phenoxy) is 2. The van der Waals surface area contributed by atoms with Gasteiger partial charge in [-0.15, -0.1) is 0 Å². The van der Waals surface area contributed by atoms with Crippen LogP contribution in [0.3, 0.4) is 0 Å². The van der Waals surface area contributed by atoms with Gasteiger partial charge in [-0.05, 0) is 72.3 Å². The molecule has 0 aliphatic carbocycles. The molecule has 3 aromatic rings. The van der Waals surface area contributed by atoms with E-state index in [1.54, 1.807) is 78.9 Å². The minimum Gasteiger partial charge on any atom is -0.465 e. The van der Waals surface area contributed by atoms with Crippen molar-refractivity contribution in [2.45, 2.75) is 0 Å². The van der Waals surface area contributed by atoms with E-state index in [9.17, 15) is 14.4 Å². The minimum absolute atomic E-state index is 0.196. The maximum absolute atomic E-state index is 12.4. The number of benzene rings is 3. The number of carbonyl (C=O) groups is 3. The first kappa shape index (κ1) is 21.2. The molecule has 0 aliphatic heterocycles. The second-order valence-corrected chi connectivity index (χ2v) is 7.15. The van der Waals surface area contributed by atoms with E-state index in [0.717, 1.165) is 10.0 Å². The maximum Gasteiger partial charge on any atom is 0.343 e. The van der Waals surface area contributed by atoms with Crippen LogP contribution in [-0.2, 0) is 4.74 Å². The monoisotopic (exact) mass is 464 g/mol. The highest BCUT2D eigenvalue weighted by Gasteiger charge is 2.09. The Hall–Kier alpha value is -3.51. The van der Waals surface area contributed by atoms with Crippen molar-refractivity contribution in [2.75, 3.05) is 7.11 Å². The van der Waals surface area contributed by atoms with E-state index < -0.39 is 11.9 Å². The fourth-order valence-corrected chi connectivity index (χ4v) is 2.82. The molecule has 0 bridgehead atoms. The molecule has 0 N–H and O–H groups in total. The van der Waals surface area contributed by atoms with Gasteiger partial charge in [0.1, 0.15) is 5.75 Å². The summed E-state index contributed by atoms with van der Waals surface area (Å²) in [4.78, 5) is 35.9. The zero-order valence-electron chi connectivity index (χ0n) is 16.0. The summed E-state index contributed by atoms with van der Waals surface area (Å²) in [5.41, 5.74) is 2.10. The lowest BCUT2D eigenvalue weighted by molar-refractivity contribution is 0.0600. The SMILES string of the molecule is COC(=O)c1ccc(C=CC(=O)c2ccc(OC(=O)c3ccc(Br)cc3)cc2)cc1. The van der Waals surface area contributed by atoms with Crippen molar-refractivity contribution in [3.05, 3.63) is 106 Å². The highest BCUT2D eigenvalue weighted by atomic mass is 79.9. The normalized spacial score (nSPS) is 10.6. The third kappa shape index (κ3) is 5.52. The Morgan fingerprint density at radius 2 is 1.27 bits per heavy atom. The molecule has 3 rings (SSSR count). The minimum atomic E-state index is -0.475. The molecule has 3 aromatic carbocycles. The first-order valence-corrected chi connectivity index (χ1v) is 9.74. The summed E-state index contributed by atoms with van der Waals surface area (Å²) in [6.45, 7) is 0. The van der Waals surface area contributed by atoms with Gasteiger partial charge in [-0.2, -0.15) is 0 Å². The van der Waals surface area contributed by atoms with Crippen LogP contribution in [-0.4, -0.2) is 24.8 Å². The predicted molar refractivity (Wildman–Crippen MR) is 117 cm³/mol. The topological polar surface area (TPSA) is 69.7 Å². The molecule has 0 spiro atoms. The van der Waals surface area contributed by atoms with Gasteiger partial charge in [0.05, 0.1) is 18.2 Å². The average Bonchev–Trinajstić information content (AvgIpc) is 2.78. The third-order valence-corrected chi connectivity index (χ3v) is 4.72. The largest absolute Gasteiger partial charge is 0.465 e. The van der Waals surface area contributed by atoms with Crippen LogP contribution in [0.25, 0.3) is 6.08 Å². The van der Waals surface area contributed by atoms with Crippen LogP contribution in [0.5, 0.6) is 5.75 Å². The van der Waals surface area contributed by atoms with Crippen LogP contribution < -0.4 is 4.74 Å². The molecule has 6 heteroatoms. The molecule has 0 fully saturated rings. The van der Waals surface area contributed by atoms with Gasteiger partial charge in [-0.3, -0.25) is 4.79 Å². The molecule has 0 heterocycles. The van der Waals surface area contributed by atoms with Crippen molar-refractivity contribution in [3.63, 3.8) is 0 Å². The Morgan fingerprint density at radius 3 is 1.87 bits per heavy atom. The second-order valence-electron chi connectivity index (χ2n) is 6.23. The summed E-state index contributed by atoms with van der Waals surface area (Å²) < 4.78 is 10.8. The van der Waals surface area contributed by atoms with Crippen molar-refractivity contribution in [1.29, 1.82) is 0 Å². The molecule has 150 valence electrons. The number of carbonyl (C=O) groups excluding carboxylic acids is 3. The highest BCUT2D eigenvalue weighted by molar-refractivity contribution is 9.10. The van der Waals surface area contributed by atoms with E-state index in [4.69, 9.17) is 4.74 Å². The molecule has 0 radical (unpaired) electrons. The van der Waals surface area contributed by atoms with Gasteiger partial charge in [-0.25, -0.2) is 9.59 Å². The molecule has 30 heavy (non-hydrogen) atoms. The Labute approximate surface area is 182 Å². The lowest BCUT2D eigenvalue weighted by atomic mass is 10.1. The van der Waals surface area contributed by atoms with Crippen LogP contribution >= 0.6 is 15.9 Å². The van der Waals surface area contributed by atoms with Crippen LogP contribution in [0.1, 0.15) is 36.6 Å². The lowest BCUT2D eigenvalue weighted by Gasteiger charge is -2.05. The Morgan fingerprint density at radius 1 is 0.733 bits per heavy atom. The van der Waals surface area contributed by atoms with E-state index in [0.29, 0.717) is 22.4 Å². The molecule has 0 amide bonds. The molecule has 0 unspecified atom stereocenters. The fraction of sp³-hybridized carbons (Fsp3) is 0.0417. The van der Waals surface area contributed by atoms with Gasteiger partial charge in [0, 0.05) is 10.0 Å². The van der Waals surface area contributed by atoms with Crippen molar-refractivity contribution >= 4 is 39.7 Å².